The van der Waals surface area contributed by atoms with E-state index in [4.69, 9.17) is 11.6 Å². The van der Waals surface area contributed by atoms with Crippen LogP contribution in [0.25, 0.3) is 11.2 Å². The monoisotopic (exact) mass is 498 g/mol. The summed E-state index contributed by atoms with van der Waals surface area (Å²) in [5.41, 5.74) is -1.37. The van der Waals surface area contributed by atoms with Crippen molar-refractivity contribution < 1.29 is 15.0 Å². The van der Waals surface area contributed by atoms with Crippen molar-refractivity contribution in [3.05, 3.63) is 33.5 Å². The number of aromatic nitrogens is 4. The number of amides is 1. The Morgan fingerprint density at radius 2 is 2.18 bits per heavy atom. The van der Waals surface area contributed by atoms with Gasteiger partial charge in [0, 0.05) is 13.6 Å². The highest BCUT2D eigenvalue weighted by atomic mass is 35.5. The maximum atomic E-state index is 12.5. The molecule has 3 aliphatic carbocycles. The quantitative estimate of drug-likeness (QED) is 0.396. The van der Waals surface area contributed by atoms with E-state index in [0.717, 1.165) is 11.4 Å². The van der Waals surface area contributed by atoms with Gasteiger partial charge in [-0.3, -0.25) is 4.79 Å². The standard InChI is InChI=1S/C23H23ClN6O3S/c1-25-21(32)22-8-14(18(31)23(22,33)10-22)30-11-27-17-19(26-9-12-2-3-12)28-16(29-20(17)30)7-5-13-4-6-15(24)34-13/h4,6,11-12,14,18,31,33H,2-3,8-10H2,1H3,(H,25,32)(H,26,28,29)/t14-,18+,22?,23-/m1/s1. The van der Waals surface area contributed by atoms with E-state index in [-0.39, 0.29) is 12.3 Å². The zero-order valence-electron chi connectivity index (χ0n) is 18.4. The van der Waals surface area contributed by atoms with E-state index in [1.807, 2.05) is 6.07 Å². The lowest BCUT2D eigenvalue weighted by Gasteiger charge is -2.22. The smallest absolute Gasteiger partial charge is 0.229 e. The fourth-order valence-corrected chi connectivity index (χ4v) is 6.00. The molecule has 4 atom stereocenters. The van der Waals surface area contributed by atoms with Gasteiger partial charge in [0.1, 0.15) is 11.7 Å². The van der Waals surface area contributed by atoms with Gasteiger partial charge in [-0.2, -0.15) is 0 Å². The van der Waals surface area contributed by atoms with Crippen molar-refractivity contribution in [2.75, 3.05) is 18.9 Å². The largest absolute Gasteiger partial charge is 0.388 e. The Labute approximate surface area is 204 Å². The molecule has 4 N–H and O–H groups in total. The van der Waals surface area contributed by atoms with Crippen LogP contribution in [0, 0.1) is 23.2 Å². The Morgan fingerprint density at radius 3 is 2.88 bits per heavy atom. The van der Waals surface area contributed by atoms with Gasteiger partial charge in [-0.05, 0) is 55.6 Å². The molecular weight excluding hydrogens is 476 g/mol. The summed E-state index contributed by atoms with van der Waals surface area (Å²) in [4.78, 5) is 27.1. The summed E-state index contributed by atoms with van der Waals surface area (Å²) in [5.74, 6) is 7.32. The second-order valence-electron chi connectivity index (χ2n) is 9.38. The van der Waals surface area contributed by atoms with Gasteiger partial charge in [0.05, 0.1) is 27.0 Å². The average Bonchev–Trinajstić information content (AvgIpc) is 3.63. The van der Waals surface area contributed by atoms with Crippen LogP contribution in [0.15, 0.2) is 18.5 Å². The van der Waals surface area contributed by atoms with Crippen LogP contribution in [-0.4, -0.2) is 60.9 Å². The second kappa shape index (κ2) is 7.65. The van der Waals surface area contributed by atoms with Gasteiger partial charge in [0.15, 0.2) is 17.0 Å². The van der Waals surface area contributed by atoms with Crippen LogP contribution in [0.4, 0.5) is 5.82 Å². The number of carbonyl (C=O) groups excluding carboxylic acids is 1. The molecule has 3 saturated carbocycles. The lowest BCUT2D eigenvalue weighted by Crippen LogP contribution is -2.36. The molecule has 0 bridgehead atoms. The summed E-state index contributed by atoms with van der Waals surface area (Å²) >= 11 is 7.39. The number of rotatable bonds is 5. The van der Waals surface area contributed by atoms with E-state index in [0.29, 0.717) is 39.5 Å². The lowest BCUT2D eigenvalue weighted by atomic mass is 10.0. The highest BCUT2D eigenvalue weighted by molar-refractivity contribution is 7.16. The normalized spacial score (nSPS) is 29.4. The number of halogens is 1. The number of hydrogen-bond acceptors (Lipinski definition) is 8. The number of nitrogens with one attached hydrogen (secondary N) is 2. The molecule has 34 heavy (non-hydrogen) atoms. The maximum Gasteiger partial charge on any atom is 0.229 e. The van der Waals surface area contributed by atoms with E-state index < -0.39 is 23.2 Å². The van der Waals surface area contributed by atoms with Gasteiger partial charge < -0.3 is 25.4 Å². The van der Waals surface area contributed by atoms with E-state index in [2.05, 4.69) is 37.4 Å². The Morgan fingerprint density at radius 1 is 1.35 bits per heavy atom. The fourth-order valence-electron chi connectivity index (χ4n) is 5.10. The van der Waals surface area contributed by atoms with Gasteiger partial charge in [-0.15, -0.1) is 11.3 Å². The van der Waals surface area contributed by atoms with Crippen LogP contribution < -0.4 is 10.6 Å². The molecule has 0 spiro atoms. The summed E-state index contributed by atoms with van der Waals surface area (Å²) in [7, 11) is 1.54. The minimum atomic E-state index is -1.45. The molecule has 3 aliphatic rings. The highest BCUT2D eigenvalue weighted by Crippen LogP contribution is 2.69. The van der Waals surface area contributed by atoms with Crippen molar-refractivity contribution in [1.82, 2.24) is 24.8 Å². The van der Waals surface area contributed by atoms with E-state index >= 15 is 0 Å². The van der Waals surface area contributed by atoms with Gasteiger partial charge in [0.25, 0.3) is 0 Å². The number of imidazole rings is 1. The van der Waals surface area contributed by atoms with Crippen LogP contribution in [-0.2, 0) is 4.79 Å². The Kier molecular flexibility index (Phi) is 4.90. The molecule has 11 heteroatoms. The highest BCUT2D eigenvalue weighted by Gasteiger charge is 2.80. The lowest BCUT2D eigenvalue weighted by molar-refractivity contribution is -0.128. The third-order valence-electron chi connectivity index (χ3n) is 7.25. The molecule has 176 valence electrons. The van der Waals surface area contributed by atoms with Crippen molar-refractivity contribution in [2.45, 2.75) is 43.4 Å². The Hall–Kier alpha value is -2.71. The van der Waals surface area contributed by atoms with E-state index in [9.17, 15) is 15.0 Å². The average molecular weight is 499 g/mol. The van der Waals surface area contributed by atoms with Gasteiger partial charge in [-0.1, -0.05) is 11.6 Å². The van der Waals surface area contributed by atoms with Crippen molar-refractivity contribution in [3.8, 4) is 11.8 Å². The van der Waals surface area contributed by atoms with Crippen molar-refractivity contribution in [3.63, 3.8) is 0 Å². The number of fused-ring (bicyclic) bond motifs is 2. The molecule has 3 fully saturated rings. The minimum absolute atomic E-state index is 0.243. The third kappa shape index (κ3) is 3.30. The Balaban J connectivity index is 1.40. The molecular formula is C23H23ClN6O3S. The molecule has 0 aliphatic heterocycles. The zero-order chi connectivity index (χ0) is 23.7. The van der Waals surface area contributed by atoms with Crippen LogP contribution >= 0.6 is 22.9 Å². The number of hydrogen-bond donors (Lipinski definition) is 4. The molecule has 9 nitrogen and oxygen atoms in total. The van der Waals surface area contributed by atoms with Gasteiger partial charge >= 0.3 is 0 Å². The summed E-state index contributed by atoms with van der Waals surface area (Å²) < 4.78 is 2.40. The minimum Gasteiger partial charge on any atom is -0.388 e. The number of aliphatic hydroxyl groups is 2. The number of thiophene rings is 1. The topological polar surface area (TPSA) is 125 Å². The second-order valence-corrected chi connectivity index (χ2v) is 11.1. The SMILES string of the molecule is CNC(=O)C12C[C@@H](n3cnc4c(NCC5CC5)nc(C#Cc5ccc(Cl)s5)nc43)[C@H](O)[C@]1(O)C2. The first-order valence-corrected chi connectivity index (χ1v) is 12.4. The molecule has 6 rings (SSSR count). The van der Waals surface area contributed by atoms with E-state index in [1.54, 1.807) is 24.0 Å². The van der Waals surface area contributed by atoms with E-state index in [1.165, 1.54) is 24.2 Å². The van der Waals surface area contributed by atoms with Gasteiger partial charge in [0.2, 0.25) is 11.7 Å². The van der Waals surface area contributed by atoms with Crippen LogP contribution in [0.3, 0.4) is 0 Å². The summed E-state index contributed by atoms with van der Waals surface area (Å²) in [6.45, 7) is 0.790. The number of anilines is 1. The number of aliphatic hydroxyl groups excluding tert-OH is 1. The first-order valence-electron chi connectivity index (χ1n) is 11.2. The van der Waals surface area contributed by atoms with Crippen molar-refractivity contribution in [2.24, 2.45) is 11.3 Å². The zero-order valence-corrected chi connectivity index (χ0v) is 19.9. The molecule has 3 aromatic rings. The predicted molar refractivity (Wildman–Crippen MR) is 128 cm³/mol. The third-order valence-corrected chi connectivity index (χ3v) is 8.40. The summed E-state index contributed by atoms with van der Waals surface area (Å²) in [6.07, 6.45) is 3.39. The molecule has 0 saturated heterocycles. The summed E-state index contributed by atoms with van der Waals surface area (Å²) in [5, 5.41) is 28.0. The molecule has 0 aromatic carbocycles. The fraction of sp³-hybridized carbons (Fsp3) is 0.478. The number of nitrogens with zero attached hydrogens (tertiary/aromatic N) is 4. The predicted octanol–water partition coefficient (Wildman–Crippen LogP) is 1.94. The van der Waals surface area contributed by atoms with Crippen LogP contribution in [0.5, 0.6) is 0 Å². The Bertz CT molecular complexity index is 1370. The van der Waals surface area contributed by atoms with Crippen molar-refractivity contribution >= 4 is 45.8 Å². The molecule has 3 heterocycles. The number of carbonyl (C=O) groups is 1. The molecule has 3 aromatic heterocycles. The van der Waals surface area contributed by atoms with Gasteiger partial charge in [-0.25, -0.2) is 15.0 Å². The molecule has 1 unspecified atom stereocenters. The molecule has 0 radical (unpaired) electrons. The maximum absolute atomic E-state index is 12.5. The first kappa shape index (κ1) is 21.8. The molecule has 1 amide bonds. The van der Waals surface area contributed by atoms with Crippen LogP contribution in [0.1, 0.15) is 42.4 Å². The van der Waals surface area contributed by atoms with Crippen LogP contribution in [0.2, 0.25) is 4.34 Å². The van der Waals surface area contributed by atoms with Crippen molar-refractivity contribution in [1.29, 1.82) is 0 Å². The summed E-state index contributed by atoms with van der Waals surface area (Å²) in [6, 6.07) is 3.08. The first-order chi connectivity index (χ1) is 16.3.